The van der Waals surface area contributed by atoms with Gasteiger partial charge in [0.05, 0.1) is 6.20 Å². The highest BCUT2D eigenvalue weighted by Gasteiger charge is 1.92. The summed E-state index contributed by atoms with van der Waals surface area (Å²) in [5, 5.41) is 15.1. The Morgan fingerprint density at radius 3 is 2.89 bits per heavy atom. The molecule has 6 heteroatoms. The van der Waals surface area contributed by atoms with E-state index in [0.717, 1.165) is 0 Å². The van der Waals surface area contributed by atoms with Gasteiger partial charge in [-0.25, -0.2) is 5.84 Å². The molecule has 0 spiro atoms. The van der Waals surface area contributed by atoms with Crippen molar-refractivity contribution in [2.45, 2.75) is 0 Å². The number of nitrogens with two attached hydrogens (primary N) is 1. The Kier molecular flexibility index (Phi) is 1.41. The number of hydrazine groups is 1. The molecule has 0 atom stereocenters. The standard InChI is InChI=1S/C3H5N5O/c4-7-2-1-5-8-3(9)6-2/h1H,4H2,(H2,6,7,8,9). The summed E-state index contributed by atoms with van der Waals surface area (Å²) in [5.41, 5.74) is 2.19. The Labute approximate surface area is 50.7 Å². The highest BCUT2D eigenvalue weighted by Crippen LogP contribution is 1.99. The second kappa shape index (κ2) is 2.23. The number of hydrogen-bond donors (Lipinski definition) is 3. The summed E-state index contributed by atoms with van der Waals surface area (Å²) in [6.07, 6.45) is 1.29. The van der Waals surface area contributed by atoms with Gasteiger partial charge in [0, 0.05) is 0 Å². The Morgan fingerprint density at radius 1 is 1.67 bits per heavy atom. The first-order valence-electron chi connectivity index (χ1n) is 2.18. The number of aromatic nitrogens is 3. The molecular weight excluding hydrogens is 122 g/mol. The fourth-order valence-corrected chi connectivity index (χ4v) is 0.364. The van der Waals surface area contributed by atoms with E-state index >= 15 is 0 Å². The molecule has 1 heterocycles. The van der Waals surface area contributed by atoms with E-state index in [-0.39, 0.29) is 5.82 Å². The molecule has 48 valence electrons. The van der Waals surface area contributed by atoms with Crippen molar-refractivity contribution < 1.29 is 5.11 Å². The minimum Gasteiger partial charge on any atom is -0.478 e. The monoisotopic (exact) mass is 127 g/mol. The molecule has 0 aliphatic rings. The minimum atomic E-state index is -0.398. The number of nitrogens with one attached hydrogen (secondary N) is 1. The fraction of sp³-hybridized carbons (Fsp3) is 0. The molecule has 0 fully saturated rings. The smallest absolute Gasteiger partial charge is 0.335 e. The molecule has 0 aliphatic heterocycles. The minimum absolute atomic E-state index is 0.280. The van der Waals surface area contributed by atoms with E-state index in [0.29, 0.717) is 0 Å². The zero-order chi connectivity index (χ0) is 6.69. The van der Waals surface area contributed by atoms with E-state index in [9.17, 15) is 0 Å². The van der Waals surface area contributed by atoms with Gasteiger partial charge in [-0.2, -0.15) is 10.1 Å². The van der Waals surface area contributed by atoms with Crippen LogP contribution in [0.15, 0.2) is 6.20 Å². The van der Waals surface area contributed by atoms with E-state index in [1.54, 1.807) is 0 Å². The summed E-state index contributed by atoms with van der Waals surface area (Å²) >= 11 is 0. The van der Waals surface area contributed by atoms with Crippen LogP contribution in [-0.2, 0) is 0 Å². The average Bonchev–Trinajstić information content (AvgIpc) is 1.88. The van der Waals surface area contributed by atoms with Crippen molar-refractivity contribution in [3.63, 3.8) is 0 Å². The predicted octanol–water partition coefficient (Wildman–Crippen LogP) is -1.14. The first-order chi connectivity index (χ1) is 4.33. The third-order valence-corrected chi connectivity index (χ3v) is 0.696. The van der Waals surface area contributed by atoms with Crippen LogP contribution in [0.3, 0.4) is 0 Å². The molecule has 0 saturated heterocycles. The Balaban J connectivity index is 2.94. The lowest BCUT2D eigenvalue weighted by atomic mass is 10.7. The molecule has 0 radical (unpaired) electrons. The number of nitrogen functional groups attached to an aromatic ring is 1. The predicted molar refractivity (Wildman–Crippen MR) is 29.3 cm³/mol. The summed E-state index contributed by atoms with van der Waals surface area (Å²) in [4.78, 5) is 3.44. The quantitative estimate of drug-likeness (QED) is 0.326. The third kappa shape index (κ3) is 1.23. The summed E-state index contributed by atoms with van der Waals surface area (Å²) in [6, 6.07) is -0.398. The van der Waals surface area contributed by atoms with Crippen LogP contribution in [0.5, 0.6) is 6.01 Å². The molecule has 0 bridgehead atoms. The van der Waals surface area contributed by atoms with Crippen LogP contribution < -0.4 is 11.3 Å². The van der Waals surface area contributed by atoms with Gasteiger partial charge in [0.25, 0.3) is 0 Å². The first kappa shape index (κ1) is 5.70. The first-order valence-corrected chi connectivity index (χ1v) is 2.18. The molecule has 0 aliphatic carbocycles. The summed E-state index contributed by atoms with van der Waals surface area (Å²) in [6.45, 7) is 0. The van der Waals surface area contributed by atoms with E-state index in [2.05, 4.69) is 20.6 Å². The number of anilines is 1. The van der Waals surface area contributed by atoms with E-state index in [1.807, 2.05) is 0 Å². The van der Waals surface area contributed by atoms with E-state index in [4.69, 9.17) is 10.9 Å². The summed E-state index contributed by atoms with van der Waals surface area (Å²) in [5.74, 6) is 5.21. The van der Waals surface area contributed by atoms with Gasteiger partial charge in [-0.3, -0.25) is 0 Å². The van der Waals surface area contributed by atoms with Gasteiger partial charge >= 0.3 is 6.01 Å². The Hall–Kier alpha value is -1.43. The lowest BCUT2D eigenvalue weighted by molar-refractivity contribution is 0.422. The van der Waals surface area contributed by atoms with Gasteiger partial charge in [-0.15, -0.1) is 0 Å². The molecule has 0 saturated carbocycles. The maximum absolute atomic E-state index is 8.56. The van der Waals surface area contributed by atoms with Gasteiger partial charge in [-0.1, -0.05) is 5.10 Å². The van der Waals surface area contributed by atoms with Crippen molar-refractivity contribution in [2.24, 2.45) is 5.84 Å². The number of hydrogen-bond acceptors (Lipinski definition) is 6. The zero-order valence-electron chi connectivity index (χ0n) is 4.44. The van der Waals surface area contributed by atoms with Crippen molar-refractivity contribution in [2.75, 3.05) is 5.43 Å². The molecule has 0 amide bonds. The molecule has 0 aromatic carbocycles. The molecular formula is C3H5N5O. The van der Waals surface area contributed by atoms with Crippen molar-refractivity contribution in [1.82, 2.24) is 15.2 Å². The van der Waals surface area contributed by atoms with Crippen LogP contribution in [0, 0.1) is 0 Å². The van der Waals surface area contributed by atoms with Gasteiger partial charge in [-0.05, 0) is 0 Å². The van der Waals surface area contributed by atoms with Crippen LogP contribution in [0.25, 0.3) is 0 Å². The number of rotatable bonds is 1. The van der Waals surface area contributed by atoms with Crippen LogP contribution >= 0.6 is 0 Å². The maximum Gasteiger partial charge on any atom is 0.335 e. The third-order valence-electron chi connectivity index (χ3n) is 0.696. The molecule has 9 heavy (non-hydrogen) atoms. The summed E-state index contributed by atoms with van der Waals surface area (Å²) in [7, 11) is 0. The van der Waals surface area contributed by atoms with Gasteiger partial charge in [0.2, 0.25) is 0 Å². The fourth-order valence-electron chi connectivity index (χ4n) is 0.364. The number of aromatic hydroxyl groups is 1. The van der Waals surface area contributed by atoms with E-state index in [1.165, 1.54) is 6.20 Å². The highest BCUT2D eigenvalue weighted by molar-refractivity contribution is 5.28. The van der Waals surface area contributed by atoms with Crippen molar-refractivity contribution in [3.05, 3.63) is 6.20 Å². The lowest BCUT2D eigenvalue weighted by Crippen LogP contribution is -2.08. The van der Waals surface area contributed by atoms with Crippen LogP contribution in [0.2, 0.25) is 0 Å². The zero-order valence-corrected chi connectivity index (χ0v) is 4.44. The van der Waals surface area contributed by atoms with Crippen LogP contribution in [0.4, 0.5) is 5.82 Å². The number of nitrogens with zero attached hydrogens (tertiary/aromatic N) is 3. The van der Waals surface area contributed by atoms with Gasteiger partial charge < -0.3 is 10.5 Å². The Morgan fingerprint density at radius 2 is 2.44 bits per heavy atom. The SMILES string of the molecule is NNc1cnnc(O)n1. The lowest BCUT2D eigenvalue weighted by Gasteiger charge is -1.93. The normalized spacial score (nSPS) is 9.00. The van der Waals surface area contributed by atoms with Crippen molar-refractivity contribution >= 4 is 5.82 Å². The highest BCUT2D eigenvalue weighted by atomic mass is 16.3. The van der Waals surface area contributed by atoms with Gasteiger partial charge in [0.15, 0.2) is 5.82 Å². The molecule has 1 aromatic rings. The largest absolute Gasteiger partial charge is 0.478 e. The van der Waals surface area contributed by atoms with Crippen LogP contribution in [0.1, 0.15) is 0 Å². The second-order valence-corrected chi connectivity index (χ2v) is 1.29. The molecule has 6 nitrogen and oxygen atoms in total. The molecule has 1 rings (SSSR count). The van der Waals surface area contributed by atoms with Crippen LogP contribution in [-0.4, -0.2) is 20.3 Å². The second-order valence-electron chi connectivity index (χ2n) is 1.29. The topological polar surface area (TPSA) is 97.0 Å². The van der Waals surface area contributed by atoms with Gasteiger partial charge in [0.1, 0.15) is 0 Å². The summed E-state index contributed by atoms with van der Waals surface area (Å²) < 4.78 is 0. The molecule has 4 N–H and O–H groups in total. The van der Waals surface area contributed by atoms with E-state index < -0.39 is 6.01 Å². The Bertz CT molecular complexity index is 201. The van der Waals surface area contributed by atoms with Crippen molar-refractivity contribution in [3.8, 4) is 6.01 Å². The molecule has 1 aromatic heterocycles. The molecule has 0 unspecified atom stereocenters. The average molecular weight is 127 g/mol. The maximum atomic E-state index is 8.56. The van der Waals surface area contributed by atoms with Crippen molar-refractivity contribution in [1.29, 1.82) is 0 Å².